The van der Waals surface area contributed by atoms with E-state index in [-0.39, 0.29) is 5.75 Å². The molecule has 0 radical (unpaired) electrons. The number of aryl methyl sites for hydroxylation is 1. The fraction of sp³-hybridized carbons (Fsp3) is 0.562. The zero-order valence-corrected chi connectivity index (χ0v) is 17.1. The number of nitrogens with zero attached hydrogens (tertiary/aromatic N) is 5. The second-order valence-corrected chi connectivity index (χ2v) is 9.46. The topological polar surface area (TPSA) is 104 Å². The van der Waals surface area contributed by atoms with Crippen LogP contribution in [0.1, 0.15) is 22.5 Å². The minimum absolute atomic E-state index is 0.138. The zero-order chi connectivity index (χ0) is 19.3. The monoisotopic (exact) mass is 412 g/mol. The molecule has 11 heteroatoms. The first-order valence-electron chi connectivity index (χ1n) is 8.79. The van der Waals surface area contributed by atoms with E-state index in [9.17, 15) is 8.42 Å². The molecule has 1 fully saturated rings. The number of hydrogen-bond donors (Lipinski definition) is 1. The highest BCUT2D eigenvalue weighted by atomic mass is 32.2. The van der Waals surface area contributed by atoms with Gasteiger partial charge in [0.05, 0.1) is 12.2 Å². The molecule has 0 spiro atoms. The predicted octanol–water partition coefficient (Wildman–Crippen LogP) is 1.05. The Morgan fingerprint density at radius 2 is 2.15 bits per heavy atom. The van der Waals surface area contributed by atoms with Crippen molar-refractivity contribution in [2.75, 3.05) is 32.7 Å². The van der Waals surface area contributed by atoms with Gasteiger partial charge < -0.3 is 14.7 Å². The van der Waals surface area contributed by atoms with E-state index in [1.807, 2.05) is 20.0 Å². The minimum Gasteiger partial charge on any atom is -0.364 e. The van der Waals surface area contributed by atoms with Crippen LogP contribution in [0.5, 0.6) is 0 Å². The van der Waals surface area contributed by atoms with Crippen molar-refractivity contribution in [2.24, 2.45) is 4.99 Å². The first kappa shape index (κ1) is 19.8. The van der Waals surface area contributed by atoms with Crippen LogP contribution in [-0.4, -0.2) is 66.4 Å². The molecule has 0 aromatic carbocycles. The number of aromatic nitrogens is 2. The van der Waals surface area contributed by atoms with Crippen molar-refractivity contribution in [1.29, 1.82) is 0 Å². The lowest BCUT2D eigenvalue weighted by Crippen LogP contribution is -2.53. The van der Waals surface area contributed by atoms with Crippen LogP contribution in [-0.2, 0) is 22.3 Å². The van der Waals surface area contributed by atoms with Gasteiger partial charge in [-0.2, -0.15) is 4.31 Å². The lowest BCUT2D eigenvalue weighted by molar-refractivity contribution is 0.259. The molecule has 2 aromatic heterocycles. The second-order valence-electron chi connectivity index (χ2n) is 6.17. The first-order valence-corrected chi connectivity index (χ1v) is 11.2. The number of rotatable bonds is 6. The maximum Gasteiger partial charge on any atom is 0.220 e. The van der Waals surface area contributed by atoms with Crippen LogP contribution in [0, 0.1) is 6.92 Å². The average molecular weight is 413 g/mol. The van der Waals surface area contributed by atoms with Gasteiger partial charge in [0, 0.05) is 49.9 Å². The third-order valence-electron chi connectivity index (χ3n) is 4.12. The largest absolute Gasteiger partial charge is 0.364 e. The van der Waals surface area contributed by atoms with E-state index in [2.05, 4.69) is 25.3 Å². The van der Waals surface area contributed by atoms with Gasteiger partial charge in [0.2, 0.25) is 10.0 Å². The standard InChI is InChI=1S/C16H24N6O3S2/c1-3-17-16(19-11-15-18-10-13(2)26-15)21-5-7-22(8-6-21)27(23,24)12-14-4-9-25-20-14/h4,9-10H,3,5-8,11-12H2,1-2H3,(H,17,19). The Hall–Kier alpha value is -1.98. The van der Waals surface area contributed by atoms with Crippen molar-refractivity contribution < 1.29 is 12.9 Å². The SMILES string of the molecule is CCNC(=NCc1ncc(C)s1)N1CCN(S(=O)(=O)Cc2ccon2)CC1. The Morgan fingerprint density at radius 1 is 1.37 bits per heavy atom. The van der Waals surface area contributed by atoms with Gasteiger partial charge in [0.1, 0.15) is 17.0 Å². The van der Waals surface area contributed by atoms with Crippen molar-refractivity contribution in [3.05, 3.63) is 34.1 Å². The molecule has 148 valence electrons. The summed E-state index contributed by atoms with van der Waals surface area (Å²) in [4.78, 5) is 12.2. The number of thiazole rings is 1. The summed E-state index contributed by atoms with van der Waals surface area (Å²) in [6.45, 7) is 7.31. The maximum absolute atomic E-state index is 12.5. The molecular weight excluding hydrogens is 388 g/mol. The van der Waals surface area contributed by atoms with E-state index in [1.165, 1.54) is 10.6 Å². The summed E-state index contributed by atoms with van der Waals surface area (Å²) in [5.41, 5.74) is 0.422. The van der Waals surface area contributed by atoms with Crippen molar-refractivity contribution in [3.8, 4) is 0 Å². The second kappa shape index (κ2) is 8.81. The van der Waals surface area contributed by atoms with Crippen molar-refractivity contribution in [1.82, 2.24) is 24.7 Å². The lowest BCUT2D eigenvalue weighted by Gasteiger charge is -2.35. The molecule has 1 saturated heterocycles. The van der Waals surface area contributed by atoms with E-state index in [0.717, 1.165) is 22.4 Å². The fourth-order valence-corrected chi connectivity index (χ4v) is 4.95. The Morgan fingerprint density at radius 3 is 2.74 bits per heavy atom. The third-order valence-corrected chi connectivity index (χ3v) is 6.83. The number of sulfonamides is 1. The summed E-state index contributed by atoms with van der Waals surface area (Å²) < 4.78 is 31.3. The average Bonchev–Trinajstić information content (AvgIpc) is 3.30. The molecule has 1 aliphatic heterocycles. The quantitative estimate of drug-likeness (QED) is 0.559. The van der Waals surface area contributed by atoms with Crippen LogP contribution in [0.2, 0.25) is 0 Å². The van der Waals surface area contributed by atoms with Gasteiger partial charge in [-0.25, -0.2) is 18.4 Å². The number of nitrogens with one attached hydrogen (secondary N) is 1. The molecule has 0 bridgehead atoms. The van der Waals surface area contributed by atoms with E-state index in [1.54, 1.807) is 17.4 Å². The van der Waals surface area contributed by atoms with Crippen molar-refractivity contribution >= 4 is 27.3 Å². The minimum atomic E-state index is -3.40. The van der Waals surface area contributed by atoms with Crippen LogP contribution in [0.3, 0.4) is 0 Å². The van der Waals surface area contributed by atoms with Gasteiger partial charge in [0.25, 0.3) is 0 Å². The van der Waals surface area contributed by atoms with Gasteiger partial charge in [-0.05, 0) is 13.8 Å². The van der Waals surface area contributed by atoms with Gasteiger partial charge in [-0.1, -0.05) is 5.16 Å². The molecule has 9 nitrogen and oxygen atoms in total. The normalized spacial score (nSPS) is 16.7. The van der Waals surface area contributed by atoms with Crippen LogP contribution in [0.15, 0.2) is 28.0 Å². The lowest BCUT2D eigenvalue weighted by atomic mass is 10.4. The number of piperazine rings is 1. The van der Waals surface area contributed by atoms with Crippen LogP contribution >= 0.6 is 11.3 Å². The highest BCUT2D eigenvalue weighted by Gasteiger charge is 2.29. The Bertz CT molecular complexity index is 855. The number of hydrogen-bond acceptors (Lipinski definition) is 7. The molecule has 3 rings (SSSR count). The van der Waals surface area contributed by atoms with Crippen molar-refractivity contribution in [2.45, 2.75) is 26.1 Å². The molecule has 27 heavy (non-hydrogen) atoms. The smallest absolute Gasteiger partial charge is 0.220 e. The van der Waals surface area contributed by atoms with E-state index in [4.69, 9.17) is 4.52 Å². The van der Waals surface area contributed by atoms with E-state index >= 15 is 0 Å². The maximum atomic E-state index is 12.5. The molecule has 0 unspecified atom stereocenters. The first-order chi connectivity index (χ1) is 13.0. The number of aliphatic imine (C=N–C) groups is 1. The van der Waals surface area contributed by atoms with Gasteiger partial charge in [-0.15, -0.1) is 11.3 Å². The summed E-state index contributed by atoms with van der Waals surface area (Å²) in [7, 11) is -3.40. The fourth-order valence-electron chi connectivity index (χ4n) is 2.81. The Kier molecular flexibility index (Phi) is 6.45. The highest BCUT2D eigenvalue weighted by Crippen LogP contribution is 2.14. The Labute approximate surface area is 163 Å². The summed E-state index contributed by atoms with van der Waals surface area (Å²) in [5.74, 6) is 0.653. The molecule has 0 atom stereocenters. The summed E-state index contributed by atoms with van der Waals surface area (Å²) in [5, 5.41) is 7.94. The summed E-state index contributed by atoms with van der Waals surface area (Å²) in [6.07, 6.45) is 3.23. The van der Waals surface area contributed by atoms with E-state index < -0.39 is 10.0 Å². The van der Waals surface area contributed by atoms with Crippen LogP contribution in [0.4, 0.5) is 0 Å². The van der Waals surface area contributed by atoms with E-state index in [0.29, 0.717) is 38.4 Å². The predicted molar refractivity (Wildman–Crippen MR) is 104 cm³/mol. The van der Waals surface area contributed by atoms with Gasteiger partial charge in [-0.3, -0.25) is 0 Å². The van der Waals surface area contributed by atoms with Gasteiger partial charge >= 0.3 is 0 Å². The molecule has 3 heterocycles. The molecular formula is C16H24N6O3S2. The molecule has 1 aliphatic rings. The molecule has 1 N–H and O–H groups in total. The zero-order valence-electron chi connectivity index (χ0n) is 15.5. The molecule has 0 saturated carbocycles. The van der Waals surface area contributed by atoms with Gasteiger partial charge in [0.15, 0.2) is 5.96 Å². The van der Waals surface area contributed by atoms with Crippen LogP contribution in [0.25, 0.3) is 0 Å². The van der Waals surface area contributed by atoms with Crippen molar-refractivity contribution in [3.63, 3.8) is 0 Å². The summed E-state index contributed by atoms with van der Waals surface area (Å²) in [6, 6.07) is 1.57. The Balaban J connectivity index is 1.60. The molecule has 0 aliphatic carbocycles. The number of guanidine groups is 1. The third kappa shape index (κ3) is 5.27. The molecule has 2 aromatic rings. The van der Waals surface area contributed by atoms with Crippen LogP contribution < -0.4 is 5.32 Å². The highest BCUT2D eigenvalue weighted by molar-refractivity contribution is 7.88. The molecule has 0 amide bonds. The summed E-state index contributed by atoms with van der Waals surface area (Å²) >= 11 is 1.63.